The third-order valence-electron chi connectivity index (χ3n) is 5.07. The Morgan fingerprint density at radius 3 is 2.58 bits per heavy atom. The van der Waals surface area contributed by atoms with E-state index in [1.165, 1.54) is 11.1 Å². The lowest BCUT2D eigenvalue weighted by atomic mass is 9.85. The molecule has 0 radical (unpaired) electrons. The lowest BCUT2D eigenvalue weighted by Crippen LogP contribution is -2.47. The van der Waals surface area contributed by atoms with Crippen LogP contribution in [0.1, 0.15) is 64.6 Å². The van der Waals surface area contributed by atoms with Gasteiger partial charge < -0.3 is 14.2 Å². The number of hydrogen-bond acceptors (Lipinski definition) is 4. The van der Waals surface area contributed by atoms with Crippen molar-refractivity contribution in [3.63, 3.8) is 0 Å². The van der Waals surface area contributed by atoms with Gasteiger partial charge in [-0.05, 0) is 71.1 Å². The van der Waals surface area contributed by atoms with Gasteiger partial charge in [0.15, 0.2) is 11.5 Å². The van der Waals surface area contributed by atoms with Crippen LogP contribution in [0.2, 0.25) is 5.02 Å². The number of halogens is 1. The highest BCUT2D eigenvalue weighted by Gasteiger charge is 2.37. The van der Waals surface area contributed by atoms with Gasteiger partial charge in [0.05, 0.1) is 29.9 Å². The number of piperidine rings is 1. The van der Waals surface area contributed by atoms with E-state index < -0.39 is 0 Å². The van der Waals surface area contributed by atoms with Crippen LogP contribution in [0, 0.1) is 0 Å². The molecule has 5 heteroatoms. The minimum absolute atomic E-state index is 0.0597. The Labute approximate surface area is 162 Å². The largest absolute Gasteiger partial charge is 0.493 e. The zero-order chi connectivity index (χ0) is 19.1. The van der Waals surface area contributed by atoms with E-state index >= 15 is 0 Å². The molecule has 1 aromatic carbocycles. The molecule has 1 saturated heterocycles. The molecule has 0 bridgehead atoms. The van der Waals surface area contributed by atoms with Crippen LogP contribution < -0.4 is 9.47 Å². The maximum Gasteiger partial charge on any atom is 0.180 e. The molecule has 0 saturated carbocycles. The van der Waals surface area contributed by atoms with Gasteiger partial charge in [0.1, 0.15) is 0 Å². The smallest absolute Gasteiger partial charge is 0.180 e. The molecule has 1 fully saturated rings. The minimum Gasteiger partial charge on any atom is -0.493 e. The van der Waals surface area contributed by atoms with Gasteiger partial charge >= 0.3 is 0 Å². The first-order chi connectivity index (χ1) is 12.2. The zero-order valence-electron chi connectivity index (χ0n) is 16.9. The highest BCUT2D eigenvalue weighted by atomic mass is 35.5. The molecule has 0 aromatic heterocycles. The number of fused-ring (bicyclic) bond motifs is 3. The number of rotatable bonds is 4. The van der Waals surface area contributed by atoms with E-state index in [1.807, 2.05) is 13.8 Å². The summed E-state index contributed by atoms with van der Waals surface area (Å²) in [6.45, 7) is 12.4. The molecule has 1 aromatic rings. The Balaban J connectivity index is 1.87. The molecule has 0 N–H and O–H groups in total. The molecule has 2 heterocycles. The van der Waals surface area contributed by atoms with Gasteiger partial charge in [-0.15, -0.1) is 0 Å². The van der Waals surface area contributed by atoms with Crippen LogP contribution in [0.3, 0.4) is 0 Å². The molecular formula is C21H32ClNO3. The first-order valence-electron chi connectivity index (χ1n) is 9.67. The highest BCUT2D eigenvalue weighted by molar-refractivity contribution is 6.33. The fraction of sp³-hybridized carbons (Fsp3) is 0.714. The summed E-state index contributed by atoms with van der Waals surface area (Å²) in [4.78, 5) is 2.54. The van der Waals surface area contributed by atoms with Crippen molar-refractivity contribution in [1.82, 2.24) is 4.90 Å². The second kappa shape index (κ2) is 7.57. The van der Waals surface area contributed by atoms with Crippen molar-refractivity contribution in [1.29, 1.82) is 0 Å². The monoisotopic (exact) mass is 381 g/mol. The summed E-state index contributed by atoms with van der Waals surface area (Å²) in [6.07, 6.45) is 3.45. The van der Waals surface area contributed by atoms with E-state index in [0.717, 1.165) is 43.1 Å². The standard InChI is InChI=1S/C21H32ClNO3/c1-13(2)25-20-18(24-6)11-16-15(19(20)22)9-10-23-12-14(7-8-17(16)23)26-21(3,4)5/h11,13-14,17H,7-10,12H2,1-6H3. The summed E-state index contributed by atoms with van der Waals surface area (Å²) >= 11 is 6.75. The third-order valence-corrected chi connectivity index (χ3v) is 5.47. The van der Waals surface area contributed by atoms with Gasteiger partial charge in [-0.25, -0.2) is 0 Å². The Morgan fingerprint density at radius 2 is 1.96 bits per heavy atom. The average Bonchev–Trinajstić information content (AvgIpc) is 2.54. The number of benzene rings is 1. The quantitative estimate of drug-likeness (QED) is 0.733. The van der Waals surface area contributed by atoms with Gasteiger partial charge in [0, 0.05) is 19.1 Å². The van der Waals surface area contributed by atoms with Crippen molar-refractivity contribution in [3.05, 3.63) is 22.2 Å². The Kier molecular flexibility index (Phi) is 5.76. The van der Waals surface area contributed by atoms with E-state index in [0.29, 0.717) is 17.9 Å². The lowest BCUT2D eigenvalue weighted by Gasteiger charge is -2.45. The van der Waals surface area contributed by atoms with Crippen molar-refractivity contribution in [2.24, 2.45) is 0 Å². The Morgan fingerprint density at radius 1 is 1.23 bits per heavy atom. The molecule has 3 rings (SSSR count). The first kappa shape index (κ1) is 19.8. The maximum atomic E-state index is 6.75. The Bertz CT molecular complexity index is 654. The van der Waals surface area contributed by atoms with Crippen LogP contribution >= 0.6 is 11.6 Å². The molecular weight excluding hydrogens is 350 g/mol. The van der Waals surface area contributed by atoms with Crippen molar-refractivity contribution >= 4 is 11.6 Å². The summed E-state index contributed by atoms with van der Waals surface area (Å²) in [7, 11) is 1.68. The van der Waals surface area contributed by atoms with Gasteiger partial charge in [0.25, 0.3) is 0 Å². The van der Waals surface area contributed by atoms with Crippen LogP contribution in [-0.4, -0.2) is 42.9 Å². The molecule has 26 heavy (non-hydrogen) atoms. The summed E-state index contributed by atoms with van der Waals surface area (Å²) < 4.78 is 17.8. The van der Waals surface area contributed by atoms with E-state index in [1.54, 1.807) is 7.11 Å². The zero-order valence-corrected chi connectivity index (χ0v) is 17.7. The maximum absolute atomic E-state index is 6.75. The van der Waals surface area contributed by atoms with Gasteiger partial charge in [-0.2, -0.15) is 0 Å². The fourth-order valence-electron chi connectivity index (χ4n) is 4.17. The molecule has 146 valence electrons. The first-order valence-corrected chi connectivity index (χ1v) is 10.0. The molecule has 2 aliphatic rings. The van der Waals surface area contributed by atoms with Crippen molar-refractivity contribution < 1.29 is 14.2 Å². The Hall–Kier alpha value is -0.970. The molecule has 2 unspecified atom stereocenters. The molecule has 4 nitrogen and oxygen atoms in total. The summed E-state index contributed by atoms with van der Waals surface area (Å²) in [5, 5.41) is 0.723. The summed E-state index contributed by atoms with van der Waals surface area (Å²) in [5.41, 5.74) is 2.42. The van der Waals surface area contributed by atoms with Crippen molar-refractivity contribution in [2.75, 3.05) is 20.2 Å². The van der Waals surface area contributed by atoms with Crippen LogP contribution in [0.25, 0.3) is 0 Å². The topological polar surface area (TPSA) is 30.9 Å². The second-order valence-corrected chi connectivity index (χ2v) is 9.02. The van der Waals surface area contributed by atoms with Gasteiger partial charge in [-0.1, -0.05) is 11.6 Å². The van der Waals surface area contributed by atoms with Crippen molar-refractivity contribution in [3.8, 4) is 11.5 Å². The number of nitrogens with zero attached hydrogens (tertiary/aromatic N) is 1. The third kappa shape index (κ3) is 4.13. The van der Waals surface area contributed by atoms with Crippen LogP contribution in [0.5, 0.6) is 11.5 Å². The summed E-state index contributed by atoms with van der Waals surface area (Å²) in [5.74, 6) is 1.42. The lowest BCUT2D eigenvalue weighted by molar-refractivity contribution is -0.0971. The highest BCUT2D eigenvalue weighted by Crippen LogP contribution is 2.47. The predicted molar refractivity (Wildman–Crippen MR) is 106 cm³/mol. The van der Waals surface area contributed by atoms with Crippen LogP contribution in [0.4, 0.5) is 0 Å². The van der Waals surface area contributed by atoms with Crippen LogP contribution in [-0.2, 0) is 11.2 Å². The molecule has 0 spiro atoms. The number of ether oxygens (including phenoxy) is 3. The SMILES string of the molecule is COc1cc2c(c(Cl)c1OC(C)C)CCN1CC(OC(C)(C)C)CCC21. The molecule has 0 aliphatic carbocycles. The number of methoxy groups -OCH3 is 1. The number of hydrogen-bond donors (Lipinski definition) is 0. The van der Waals surface area contributed by atoms with Gasteiger partial charge in [-0.3, -0.25) is 4.90 Å². The second-order valence-electron chi connectivity index (χ2n) is 8.65. The molecule has 0 amide bonds. The van der Waals surface area contributed by atoms with Gasteiger partial charge in [0.2, 0.25) is 0 Å². The van der Waals surface area contributed by atoms with E-state index in [-0.39, 0.29) is 11.7 Å². The van der Waals surface area contributed by atoms with E-state index in [9.17, 15) is 0 Å². The average molecular weight is 382 g/mol. The van der Waals surface area contributed by atoms with Crippen molar-refractivity contribution in [2.45, 2.75) is 77.7 Å². The summed E-state index contributed by atoms with van der Waals surface area (Å²) in [6, 6.07) is 2.53. The fourth-order valence-corrected chi connectivity index (χ4v) is 4.51. The molecule has 2 aliphatic heterocycles. The molecule has 2 atom stereocenters. The van der Waals surface area contributed by atoms with Crippen LogP contribution in [0.15, 0.2) is 6.07 Å². The van der Waals surface area contributed by atoms with E-state index in [2.05, 4.69) is 31.7 Å². The van der Waals surface area contributed by atoms with E-state index in [4.69, 9.17) is 25.8 Å². The normalized spacial score (nSPS) is 23.5. The predicted octanol–water partition coefficient (Wildman–Crippen LogP) is 5.01. The minimum atomic E-state index is -0.0964.